The van der Waals surface area contributed by atoms with E-state index in [2.05, 4.69) is 38.0 Å². The Balaban J connectivity index is 1.15. The number of aliphatic imine (C=N–C) groups is 1. The molecule has 2 fully saturated rings. The molecule has 31 heavy (non-hydrogen) atoms. The van der Waals surface area contributed by atoms with E-state index in [0.717, 1.165) is 24.4 Å². The number of rotatable bonds is 7. The van der Waals surface area contributed by atoms with Gasteiger partial charge in [0.2, 0.25) is 11.8 Å². The zero-order chi connectivity index (χ0) is 21.4. The number of guanidine groups is 1. The molecule has 2 N–H and O–H groups in total. The first kappa shape index (κ1) is 19.7. The summed E-state index contributed by atoms with van der Waals surface area (Å²) in [5, 5.41) is 14.8. The summed E-state index contributed by atoms with van der Waals surface area (Å²) in [7, 11) is 0. The minimum atomic E-state index is -0.118. The smallest absolute Gasteiger partial charge is 0.233 e. The number of hydrogen-bond acceptors (Lipinski definition) is 5. The second-order valence-corrected chi connectivity index (χ2v) is 8.35. The fourth-order valence-electron chi connectivity index (χ4n) is 5.12. The zero-order valence-electron chi connectivity index (χ0n) is 17.6. The Morgan fingerprint density at radius 3 is 2.65 bits per heavy atom. The Bertz CT molecular complexity index is 1030. The van der Waals surface area contributed by atoms with E-state index in [4.69, 9.17) is 0 Å². The van der Waals surface area contributed by atoms with Gasteiger partial charge in [0.1, 0.15) is 6.54 Å². The molecular weight excluding hydrogens is 394 g/mol. The molecule has 0 radical (unpaired) electrons. The molecule has 2 bridgehead atoms. The summed E-state index contributed by atoms with van der Waals surface area (Å²) in [5.41, 5.74) is 0.791. The third kappa shape index (κ3) is 3.47. The number of fused-ring (bicyclic) bond motifs is 6. The number of carbonyl (C=O) groups excluding carboxylic acids is 2. The van der Waals surface area contributed by atoms with Crippen molar-refractivity contribution in [2.75, 3.05) is 19.6 Å². The second-order valence-electron chi connectivity index (χ2n) is 8.35. The van der Waals surface area contributed by atoms with E-state index in [1.807, 2.05) is 35.7 Å². The van der Waals surface area contributed by atoms with Gasteiger partial charge in [-0.05, 0) is 43.7 Å². The lowest BCUT2D eigenvalue weighted by Crippen LogP contribution is -2.40. The highest BCUT2D eigenvalue weighted by molar-refractivity contribution is 6.06. The van der Waals surface area contributed by atoms with Crippen LogP contribution in [0, 0.1) is 23.7 Å². The maximum Gasteiger partial charge on any atom is 0.233 e. The summed E-state index contributed by atoms with van der Waals surface area (Å²) in [6.07, 6.45) is 7.81. The molecule has 1 saturated carbocycles. The summed E-state index contributed by atoms with van der Waals surface area (Å²) in [6, 6.07) is 5.76. The van der Waals surface area contributed by atoms with E-state index in [9.17, 15) is 9.59 Å². The van der Waals surface area contributed by atoms with E-state index in [1.165, 1.54) is 4.90 Å². The van der Waals surface area contributed by atoms with Gasteiger partial charge < -0.3 is 10.6 Å². The maximum atomic E-state index is 12.8. The van der Waals surface area contributed by atoms with Crippen molar-refractivity contribution in [1.29, 1.82) is 0 Å². The molecule has 1 aliphatic heterocycles. The van der Waals surface area contributed by atoms with Crippen LogP contribution >= 0.6 is 0 Å². The van der Waals surface area contributed by atoms with Gasteiger partial charge in [0.05, 0.1) is 11.8 Å². The van der Waals surface area contributed by atoms with Gasteiger partial charge in [-0.25, -0.2) is 4.99 Å². The average Bonchev–Trinajstić information content (AvgIpc) is 3.54. The molecule has 9 heteroatoms. The number of hydrogen-bond donors (Lipinski definition) is 2. The molecule has 162 valence electrons. The molecule has 9 nitrogen and oxygen atoms in total. The largest absolute Gasteiger partial charge is 0.357 e. The predicted octanol–water partition coefficient (Wildman–Crippen LogP) is 0.982. The molecule has 3 aliphatic rings. The first-order valence-corrected chi connectivity index (χ1v) is 11.0. The van der Waals surface area contributed by atoms with Gasteiger partial charge in [0, 0.05) is 25.8 Å². The number of carbonyl (C=O) groups is 2. The van der Waals surface area contributed by atoms with Crippen LogP contribution in [-0.4, -0.2) is 56.9 Å². The molecule has 5 rings (SSSR count). The fraction of sp³-hybridized carbons (Fsp3) is 0.500. The van der Waals surface area contributed by atoms with Crippen molar-refractivity contribution in [3.63, 3.8) is 0 Å². The van der Waals surface area contributed by atoms with Gasteiger partial charge in [-0.2, -0.15) is 0 Å². The van der Waals surface area contributed by atoms with Crippen LogP contribution < -0.4 is 10.6 Å². The molecule has 2 aromatic heterocycles. The lowest BCUT2D eigenvalue weighted by Gasteiger charge is -2.18. The van der Waals surface area contributed by atoms with Gasteiger partial charge in [-0.15, -0.1) is 10.2 Å². The summed E-state index contributed by atoms with van der Waals surface area (Å²) in [5.74, 6) is 1.76. The van der Waals surface area contributed by atoms with Crippen LogP contribution in [0.2, 0.25) is 0 Å². The SMILES string of the molecule is CCNC(=NCc1nnc2ccccn12)NCCCN1C(=O)C2C3C=CC(C3)C2C1=O. The third-order valence-corrected chi connectivity index (χ3v) is 6.52. The van der Waals surface area contributed by atoms with Crippen molar-refractivity contribution < 1.29 is 9.59 Å². The lowest BCUT2D eigenvalue weighted by molar-refractivity contribution is -0.140. The maximum absolute atomic E-state index is 12.8. The second kappa shape index (κ2) is 8.13. The van der Waals surface area contributed by atoms with E-state index < -0.39 is 0 Å². The number of likely N-dealkylation sites (tertiary alicyclic amines) is 1. The highest BCUT2D eigenvalue weighted by atomic mass is 16.2. The number of pyridine rings is 1. The third-order valence-electron chi connectivity index (χ3n) is 6.52. The Labute approximate surface area is 180 Å². The Morgan fingerprint density at radius 2 is 1.90 bits per heavy atom. The minimum absolute atomic E-state index is 0.0195. The Kier molecular flexibility index (Phi) is 5.17. The number of imide groups is 1. The Morgan fingerprint density at radius 1 is 1.13 bits per heavy atom. The van der Waals surface area contributed by atoms with Gasteiger partial charge in [0.25, 0.3) is 0 Å². The molecule has 3 heterocycles. The molecule has 1 saturated heterocycles. The average molecular weight is 422 g/mol. The van der Waals surface area contributed by atoms with Gasteiger partial charge in [-0.3, -0.25) is 18.9 Å². The Hall–Kier alpha value is -3.23. The summed E-state index contributed by atoms with van der Waals surface area (Å²) in [4.78, 5) is 31.6. The zero-order valence-corrected chi connectivity index (χ0v) is 17.6. The van der Waals surface area contributed by atoms with Crippen LogP contribution in [0.25, 0.3) is 5.65 Å². The summed E-state index contributed by atoms with van der Waals surface area (Å²) >= 11 is 0. The molecule has 2 aromatic rings. The van der Waals surface area contributed by atoms with Crippen molar-refractivity contribution in [2.24, 2.45) is 28.7 Å². The van der Waals surface area contributed by atoms with Crippen LogP contribution in [-0.2, 0) is 16.1 Å². The van der Waals surface area contributed by atoms with Crippen LogP contribution in [0.15, 0.2) is 41.5 Å². The molecule has 2 aliphatic carbocycles. The van der Waals surface area contributed by atoms with E-state index in [0.29, 0.717) is 32.0 Å². The topological polar surface area (TPSA) is 104 Å². The number of amides is 2. The molecule has 2 amide bonds. The fourth-order valence-corrected chi connectivity index (χ4v) is 5.12. The molecule has 0 spiro atoms. The van der Waals surface area contributed by atoms with Crippen LogP contribution in [0.5, 0.6) is 0 Å². The molecular formula is C22H27N7O2. The van der Waals surface area contributed by atoms with Crippen molar-refractivity contribution >= 4 is 23.4 Å². The number of allylic oxidation sites excluding steroid dienone is 2. The van der Waals surface area contributed by atoms with E-state index >= 15 is 0 Å². The first-order valence-electron chi connectivity index (χ1n) is 11.0. The summed E-state index contributed by atoms with van der Waals surface area (Å²) in [6.45, 7) is 4.19. The van der Waals surface area contributed by atoms with Crippen LogP contribution in [0.1, 0.15) is 25.6 Å². The minimum Gasteiger partial charge on any atom is -0.357 e. The number of nitrogens with one attached hydrogen (secondary N) is 2. The van der Waals surface area contributed by atoms with Crippen molar-refractivity contribution in [1.82, 2.24) is 30.1 Å². The quantitative estimate of drug-likeness (QED) is 0.227. The normalized spacial score (nSPS) is 26.9. The standard InChI is InChI=1S/C22H27N7O2/c1-2-23-22(25-13-17-27-26-16-6-3-4-10-28(16)17)24-9-5-11-29-20(30)18-14-7-8-15(12-14)19(18)21(29)31/h3-4,6-8,10,14-15,18-19H,2,5,9,11-13H2,1H3,(H2,23,24,25). The van der Waals surface area contributed by atoms with Gasteiger partial charge in [0.15, 0.2) is 17.4 Å². The van der Waals surface area contributed by atoms with Crippen molar-refractivity contribution in [3.05, 3.63) is 42.4 Å². The molecule has 4 atom stereocenters. The van der Waals surface area contributed by atoms with E-state index in [-0.39, 0.29) is 35.5 Å². The van der Waals surface area contributed by atoms with E-state index in [1.54, 1.807) is 0 Å². The predicted molar refractivity (Wildman–Crippen MR) is 115 cm³/mol. The first-order chi connectivity index (χ1) is 15.2. The highest BCUT2D eigenvalue weighted by Gasteiger charge is 2.58. The monoisotopic (exact) mass is 421 g/mol. The van der Waals surface area contributed by atoms with Crippen LogP contribution in [0.4, 0.5) is 0 Å². The lowest BCUT2D eigenvalue weighted by atomic mass is 9.85. The number of aromatic nitrogens is 3. The van der Waals surface area contributed by atoms with Gasteiger partial charge in [-0.1, -0.05) is 18.2 Å². The van der Waals surface area contributed by atoms with Crippen molar-refractivity contribution in [3.8, 4) is 0 Å². The van der Waals surface area contributed by atoms with Gasteiger partial charge >= 0.3 is 0 Å². The number of nitrogens with zero attached hydrogens (tertiary/aromatic N) is 5. The van der Waals surface area contributed by atoms with Crippen molar-refractivity contribution in [2.45, 2.75) is 26.3 Å². The molecule has 4 unspecified atom stereocenters. The summed E-state index contributed by atoms with van der Waals surface area (Å²) < 4.78 is 1.91. The molecule has 0 aromatic carbocycles. The highest BCUT2D eigenvalue weighted by Crippen LogP contribution is 2.52. The van der Waals surface area contributed by atoms with Crippen LogP contribution in [0.3, 0.4) is 0 Å².